The predicted molar refractivity (Wildman–Crippen MR) is 106 cm³/mol. The quantitative estimate of drug-likeness (QED) is 0.485. The van der Waals surface area contributed by atoms with E-state index in [9.17, 15) is 13.2 Å². The number of rotatable bonds is 9. The number of thiazole rings is 1. The topological polar surface area (TPSA) is 58.5 Å². The monoisotopic (exact) mass is 414 g/mol. The highest BCUT2D eigenvalue weighted by Crippen LogP contribution is 2.16. The minimum absolute atomic E-state index is 0.0755. The summed E-state index contributed by atoms with van der Waals surface area (Å²) in [7, 11) is 1.69. The second-order valence-corrected chi connectivity index (χ2v) is 7.30. The lowest BCUT2D eigenvalue weighted by molar-refractivity contribution is -0.176. The van der Waals surface area contributed by atoms with Crippen molar-refractivity contribution in [3.05, 3.63) is 51.5 Å². The van der Waals surface area contributed by atoms with Crippen LogP contribution in [-0.2, 0) is 30.7 Å². The van der Waals surface area contributed by atoms with Gasteiger partial charge in [-0.2, -0.15) is 13.2 Å². The summed E-state index contributed by atoms with van der Waals surface area (Å²) in [4.78, 5) is 9.85. The van der Waals surface area contributed by atoms with E-state index in [4.69, 9.17) is 4.74 Å². The third-order valence-electron chi connectivity index (χ3n) is 3.79. The maximum absolute atomic E-state index is 12.2. The van der Waals surface area contributed by atoms with E-state index in [1.54, 1.807) is 30.5 Å². The van der Waals surface area contributed by atoms with Crippen LogP contribution in [0.4, 0.5) is 13.2 Å². The number of aryl methyl sites for hydroxylation is 1. The molecule has 9 heteroatoms. The van der Waals surface area contributed by atoms with Gasteiger partial charge < -0.3 is 15.4 Å². The van der Waals surface area contributed by atoms with Crippen molar-refractivity contribution in [1.29, 1.82) is 0 Å². The van der Waals surface area contributed by atoms with Crippen LogP contribution in [0.15, 0.2) is 35.5 Å². The zero-order valence-electron chi connectivity index (χ0n) is 16.0. The molecule has 0 unspecified atom stereocenters. The summed E-state index contributed by atoms with van der Waals surface area (Å²) in [5.41, 5.74) is 1.63. The molecular weight excluding hydrogens is 389 g/mol. The summed E-state index contributed by atoms with van der Waals surface area (Å²) in [5, 5.41) is 7.52. The lowest BCUT2D eigenvalue weighted by atomic mass is 10.1. The van der Waals surface area contributed by atoms with Crippen LogP contribution in [0.5, 0.6) is 0 Å². The van der Waals surface area contributed by atoms with Crippen molar-refractivity contribution in [1.82, 2.24) is 15.6 Å². The molecule has 2 N–H and O–H groups in total. The van der Waals surface area contributed by atoms with Crippen molar-refractivity contribution in [2.24, 2.45) is 4.99 Å². The molecule has 0 atom stereocenters. The molecule has 0 fully saturated rings. The first kappa shape index (κ1) is 22.2. The van der Waals surface area contributed by atoms with Gasteiger partial charge in [0.05, 0.1) is 11.6 Å². The molecule has 1 heterocycles. The normalized spacial score (nSPS) is 12.2. The van der Waals surface area contributed by atoms with Crippen molar-refractivity contribution in [3.63, 3.8) is 0 Å². The smallest absolute Gasteiger partial charge is 0.367 e. The lowest BCUT2D eigenvalue weighted by Crippen LogP contribution is -2.37. The maximum atomic E-state index is 12.2. The summed E-state index contributed by atoms with van der Waals surface area (Å²) in [6.45, 7) is 2.00. The average Bonchev–Trinajstić information content (AvgIpc) is 3.12. The molecule has 0 spiro atoms. The molecular formula is C19H25F3N4OS. The van der Waals surface area contributed by atoms with Gasteiger partial charge in [0.2, 0.25) is 0 Å². The summed E-state index contributed by atoms with van der Waals surface area (Å²) in [5.74, 6) is 0.658. The summed E-state index contributed by atoms with van der Waals surface area (Å²) < 4.78 is 41.2. The van der Waals surface area contributed by atoms with E-state index in [2.05, 4.69) is 27.5 Å². The largest absolute Gasteiger partial charge is 0.411 e. The van der Waals surface area contributed by atoms with E-state index < -0.39 is 12.8 Å². The molecule has 0 radical (unpaired) electrons. The Morgan fingerprint density at radius 2 is 2.04 bits per heavy atom. The Balaban J connectivity index is 1.75. The minimum Gasteiger partial charge on any atom is -0.367 e. The van der Waals surface area contributed by atoms with Crippen molar-refractivity contribution in [2.45, 2.75) is 39.1 Å². The van der Waals surface area contributed by atoms with Crippen molar-refractivity contribution >= 4 is 17.3 Å². The fraction of sp³-hybridized carbons (Fsp3) is 0.474. The van der Waals surface area contributed by atoms with Gasteiger partial charge in [-0.1, -0.05) is 31.2 Å². The number of aliphatic imine (C=N–C) groups is 1. The van der Waals surface area contributed by atoms with Crippen LogP contribution >= 0.6 is 11.3 Å². The number of aromatic nitrogens is 1. The molecule has 0 amide bonds. The average molecular weight is 414 g/mol. The van der Waals surface area contributed by atoms with Gasteiger partial charge in [-0.15, -0.1) is 11.3 Å². The lowest BCUT2D eigenvalue weighted by Gasteiger charge is -2.12. The molecule has 0 bridgehead atoms. The van der Waals surface area contributed by atoms with Crippen LogP contribution in [0, 0.1) is 0 Å². The first-order chi connectivity index (χ1) is 13.4. The number of nitrogens with one attached hydrogen (secondary N) is 2. The molecule has 2 aromatic rings. The summed E-state index contributed by atoms with van der Waals surface area (Å²) in [6, 6.07) is 7.26. The molecule has 0 aliphatic carbocycles. The standard InChI is InChI=1S/C19H25F3N4OS/c1-3-16-11-25-17(28-16)7-8-24-18(23-2)26-10-14-5-4-6-15(9-14)12-27-13-19(20,21)22/h4-6,9,11H,3,7-8,10,12-13H2,1-2H3,(H2,23,24,26). The second-order valence-electron chi connectivity index (χ2n) is 6.10. The Morgan fingerprint density at radius 1 is 1.25 bits per heavy atom. The maximum Gasteiger partial charge on any atom is 0.411 e. The fourth-order valence-electron chi connectivity index (χ4n) is 2.44. The number of guanidine groups is 1. The molecule has 154 valence electrons. The Labute approximate surface area is 167 Å². The zero-order valence-corrected chi connectivity index (χ0v) is 16.8. The van der Waals surface area contributed by atoms with Crippen molar-refractivity contribution in [2.75, 3.05) is 20.2 Å². The van der Waals surface area contributed by atoms with Crippen LogP contribution in [0.3, 0.4) is 0 Å². The van der Waals surface area contributed by atoms with Crippen LogP contribution in [0.25, 0.3) is 0 Å². The number of ether oxygens (including phenoxy) is 1. The summed E-state index contributed by atoms with van der Waals surface area (Å²) >= 11 is 1.72. The van der Waals surface area contributed by atoms with Gasteiger partial charge in [0, 0.05) is 37.6 Å². The number of halogens is 3. The molecule has 0 aliphatic rings. The minimum atomic E-state index is -4.31. The van der Waals surface area contributed by atoms with Gasteiger partial charge in [0.25, 0.3) is 0 Å². The molecule has 1 aromatic heterocycles. The highest BCUT2D eigenvalue weighted by molar-refractivity contribution is 7.11. The first-order valence-corrected chi connectivity index (χ1v) is 9.81. The SMILES string of the molecule is CCc1cnc(CCNC(=NC)NCc2cccc(COCC(F)(F)F)c2)s1. The Hall–Kier alpha value is -2.13. The molecule has 0 saturated heterocycles. The van der Waals surface area contributed by atoms with E-state index in [0.717, 1.165) is 23.4 Å². The van der Waals surface area contributed by atoms with E-state index >= 15 is 0 Å². The number of benzene rings is 1. The molecule has 0 saturated carbocycles. The van der Waals surface area contributed by atoms with Gasteiger partial charge in [0.15, 0.2) is 5.96 Å². The van der Waals surface area contributed by atoms with Gasteiger partial charge in [-0.3, -0.25) is 4.99 Å². The van der Waals surface area contributed by atoms with Crippen LogP contribution < -0.4 is 10.6 Å². The van der Waals surface area contributed by atoms with E-state index in [1.165, 1.54) is 4.88 Å². The van der Waals surface area contributed by atoms with Gasteiger partial charge >= 0.3 is 6.18 Å². The zero-order chi connectivity index (χ0) is 20.4. The third kappa shape index (κ3) is 8.26. The van der Waals surface area contributed by atoms with Crippen LogP contribution in [0.2, 0.25) is 0 Å². The Morgan fingerprint density at radius 3 is 2.71 bits per heavy atom. The highest BCUT2D eigenvalue weighted by Gasteiger charge is 2.27. The molecule has 28 heavy (non-hydrogen) atoms. The van der Waals surface area contributed by atoms with Crippen LogP contribution in [-0.4, -0.2) is 37.3 Å². The van der Waals surface area contributed by atoms with Gasteiger partial charge in [-0.25, -0.2) is 4.98 Å². The molecule has 0 aliphatic heterocycles. The number of hydrogen-bond acceptors (Lipinski definition) is 4. The van der Waals surface area contributed by atoms with E-state index in [1.807, 2.05) is 18.3 Å². The molecule has 5 nitrogen and oxygen atoms in total. The summed E-state index contributed by atoms with van der Waals surface area (Å²) in [6.07, 6.45) is -0.585. The van der Waals surface area contributed by atoms with Crippen molar-refractivity contribution < 1.29 is 17.9 Å². The second kappa shape index (κ2) is 11.0. The number of alkyl halides is 3. The molecule has 1 aromatic carbocycles. The van der Waals surface area contributed by atoms with Gasteiger partial charge in [-0.05, 0) is 17.5 Å². The Kier molecular flexibility index (Phi) is 8.72. The molecule has 2 rings (SSSR count). The Bertz CT molecular complexity index is 762. The van der Waals surface area contributed by atoms with Crippen molar-refractivity contribution in [3.8, 4) is 0 Å². The fourth-order valence-corrected chi connectivity index (χ4v) is 3.30. The van der Waals surface area contributed by atoms with Gasteiger partial charge in [0.1, 0.15) is 6.61 Å². The van der Waals surface area contributed by atoms with E-state index in [-0.39, 0.29) is 6.61 Å². The van der Waals surface area contributed by atoms with E-state index in [0.29, 0.717) is 24.6 Å². The third-order valence-corrected chi connectivity index (χ3v) is 4.99. The predicted octanol–water partition coefficient (Wildman–Crippen LogP) is 3.69. The number of nitrogens with zero attached hydrogens (tertiary/aromatic N) is 2. The number of hydrogen-bond donors (Lipinski definition) is 2. The van der Waals surface area contributed by atoms with Crippen LogP contribution in [0.1, 0.15) is 27.9 Å². The first-order valence-electron chi connectivity index (χ1n) is 9.00. The highest BCUT2D eigenvalue weighted by atomic mass is 32.1.